The molecule has 0 N–H and O–H groups in total. The lowest BCUT2D eigenvalue weighted by Crippen LogP contribution is -2.48. The number of carbonyl (C=O) groups excluding carboxylic acids is 1. The second-order valence-corrected chi connectivity index (χ2v) is 9.00. The molecule has 0 bridgehead atoms. The van der Waals surface area contributed by atoms with E-state index in [1.54, 1.807) is 17.5 Å². The van der Waals surface area contributed by atoms with Gasteiger partial charge in [-0.05, 0) is 12.1 Å². The summed E-state index contributed by atoms with van der Waals surface area (Å²) in [6.45, 7) is 4.16. The molecule has 0 radical (unpaired) electrons. The van der Waals surface area contributed by atoms with Crippen LogP contribution in [0, 0.1) is 0 Å². The van der Waals surface area contributed by atoms with Crippen LogP contribution in [0.5, 0.6) is 0 Å². The molecule has 4 rings (SSSR count). The monoisotopic (exact) mass is 403 g/mol. The number of thiazole rings is 1. The smallest absolute Gasteiger partial charge is 0.265 e. The summed E-state index contributed by atoms with van der Waals surface area (Å²) in [5.41, 5.74) is 1.05. The lowest BCUT2D eigenvalue weighted by Gasteiger charge is -2.34. The predicted molar refractivity (Wildman–Crippen MR) is 108 cm³/mol. The van der Waals surface area contributed by atoms with E-state index in [0.29, 0.717) is 4.88 Å². The van der Waals surface area contributed by atoms with Gasteiger partial charge in [0.2, 0.25) is 0 Å². The highest BCUT2D eigenvalue weighted by Crippen LogP contribution is 2.26. The molecule has 1 saturated heterocycles. The SMILES string of the molecule is O=C(c1cnc(-c2ccccc2)s1)N1CCN(Cc2ccc(Cl)s2)CC1. The van der Waals surface area contributed by atoms with E-state index in [9.17, 15) is 4.79 Å². The van der Waals surface area contributed by atoms with Crippen LogP contribution >= 0.6 is 34.3 Å². The van der Waals surface area contributed by atoms with Gasteiger partial charge < -0.3 is 4.90 Å². The number of aromatic nitrogens is 1. The molecular formula is C19H18ClN3OS2. The summed E-state index contributed by atoms with van der Waals surface area (Å²) < 4.78 is 0.827. The van der Waals surface area contributed by atoms with Crippen LogP contribution in [-0.4, -0.2) is 46.9 Å². The van der Waals surface area contributed by atoms with Gasteiger partial charge in [0.25, 0.3) is 5.91 Å². The van der Waals surface area contributed by atoms with E-state index in [1.807, 2.05) is 41.3 Å². The molecule has 134 valence electrons. The molecule has 7 heteroatoms. The van der Waals surface area contributed by atoms with E-state index in [0.717, 1.165) is 47.6 Å². The maximum atomic E-state index is 12.8. The Hall–Kier alpha value is -1.73. The summed E-state index contributed by atoms with van der Waals surface area (Å²) in [5, 5.41) is 0.891. The van der Waals surface area contributed by atoms with E-state index in [2.05, 4.69) is 16.0 Å². The highest BCUT2D eigenvalue weighted by Gasteiger charge is 2.24. The predicted octanol–water partition coefficient (Wildman–Crippen LogP) is 4.48. The number of benzene rings is 1. The van der Waals surface area contributed by atoms with Gasteiger partial charge >= 0.3 is 0 Å². The molecule has 3 heterocycles. The Morgan fingerprint density at radius 3 is 2.50 bits per heavy atom. The third-order valence-electron chi connectivity index (χ3n) is 4.41. The zero-order valence-corrected chi connectivity index (χ0v) is 16.5. The van der Waals surface area contributed by atoms with E-state index < -0.39 is 0 Å². The van der Waals surface area contributed by atoms with Gasteiger partial charge in [0, 0.05) is 43.2 Å². The molecule has 0 spiro atoms. The van der Waals surface area contributed by atoms with Crippen LogP contribution < -0.4 is 0 Å². The summed E-state index contributed by atoms with van der Waals surface area (Å²) in [7, 11) is 0. The molecule has 0 saturated carbocycles. The van der Waals surface area contributed by atoms with Crippen molar-refractivity contribution < 1.29 is 4.79 Å². The third-order valence-corrected chi connectivity index (χ3v) is 6.66. The second-order valence-electron chi connectivity index (χ2n) is 6.17. The molecule has 0 atom stereocenters. The summed E-state index contributed by atoms with van der Waals surface area (Å²) in [6, 6.07) is 14.0. The lowest BCUT2D eigenvalue weighted by molar-refractivity contribution is 0.0634. The molecule has 4 nitrogen and oxygen atoms in total. The summed E-state index contributed by atoms with van der Waals surface area (Å²) in [5.74, 6) is 0.0866. The quantitative estimate of drug-likeness (QED) is 0.644. The summed E-state index contributed by atoms with van der Waals surface area (Å²) >= 11 is 9.09. The van der Waals surface area contributed by atoms with Gasteiger partial charge in [0.1, 0.15) is 9.88 Å². The number of amides is 1. The molecule has 1 aliphatic heterocycles. The van der Waals surface area contributed by atoms with Crippen molar-refractivity contribution in [1.29, 1.82) is 0 Å². The van der Waals surface area contributed by atoms with Crippen molar-refractivity contribution in [3.05, 3.63) is 62.8 Å². The van der Waals surface area contributed by atoms with Gasteiger partial charge in [0.15, 0.2) is 0 Å². The first-order chi connectivity index (χ1) is 12.7. The molecule has 1 amide bonds. The molecule has 2 aromatic heterocycles. The Balaban J connectivity index is 1.36. The van der Waals surface area contributed by atoms with Crippen molar-refractivity contribution in [2.24, 2.45) is 0 Å². The molecule has 1 fully saturated rings. The number of carbonyl (C=O) groups is 1. The highest BCUT2D eigenvalue weighted by molar-refractivity contribution is 7.17. The normalized spacial score (nSPS) is 15.3. The van der Waals surface area contributed by atoms with Gasteiger partial charge in [-0.25, -0.2) is 4.98 Å². The Morgan fingerprint density at radius 2 is 1.81 bits per heavy atom. The van der Waals surface area contributed by atoms with Crippen molar-refractivity contribution in [2.45, 2.75) is 6.54 Å². The van der Waals surface area contributed by atoms with E-state index >= 15 is 0 Å². The van der Waals surface area contributed by atoms with Crippen LogP contribution in [0.25, 0.3) is 10.6 Å². The Labute approximate surface area is 165 Å². The maximum Gasteiger partial charge on any atom is 0.265 e. The first-order valence-corrected chi connectivity index (χ1v) is 10.5. The third kappa shape index (κ3) is 3.99. The fourth-order valence-electron chi connectivity index (χ4n) is 3.01. The van der Waals surface area contributed by atoms with Gasteiger partial charge in [0.05, 0.1) is 10.5 Å². The average Bonchev–Trinajstić information content (AvgIpc) is 3.32. The molecule has 1 aromatic carbocycles. The van der Waals surface area contributed by atoms with Crippen LogP contribution in [0.15, 0.2) is 48.7 Å². The van der Waals surface area contributed by atoms with Crippen molar-refractivity contribution in [1.82, 2.24) is 14.8 Å². The largest absolute Gasteiger partial charge is 0.335 e. The molecule has 0 unspecified atom stereocenters. The van der Waals surface area contributed by atoms with Crippen LogP contribution in [0.2, 0.25) is 4.34 Å². The average molecular weight is 404 g/mol. The number of rotatable bonds is 4. The first kappa shape index (κ1) is 17.7. The first-order valence-electron chi connectivity index (χ1n) is 8.46. The van der Waals surface area contributed by atoms with Crippen LogP contribution in [0.3, 0.4) is 0 Å². The molecule has 3 aromatic rings. The summed E-state index contributed by atoms with van der Waals surface area (Å²) in [6.07, 6.45) is 1.70. The standard InChI is InChI=1S/C19H18ClN3OS2/c20-17-7-6-15(25-17)13-22-8-10-23(11-9-22)19(24)16-12-21-18(26-16)14-4-2-1-3-5-14/h1-7,12H,8-11,13H2. The molecule has 0 aliphatic carbocycles. The second kappa shape index (κ2) is 7.88. The lowest BCUT2D eigenvalue weighted by atomic mass is 10.2. The van der Waals surface area contributed by atoms with E-state index in [-0.39, 0.29) is 5.91 Å². The Kier molecular flexibility index (Phi) is 5.36. The number of piperazine rings is 1. The summed E-state index contributed by atoms with van der Waals surface area (Å²) in [4.78, 5) is 23.5. The zero-order valence-electron chi connectivity index (χ0n) is 14.1. The highest BCUT2D eigenvalue weighted by atomic mass is 35.5. The van der Waals surface area contributed by atoms with Crippen LogP contribution in [-0.2, 0) is 6.54 Å². The Morgan fingerprint density at radius 1 is 1.04 bits per heavy atom. The van der Waals surface area contributed by atoms with Gasteiger partial charge in [-0.1, -0.05) is 41.9 Å². The van der Waals surface area contributed by atoms with E-state index in [1.165, 1.54) is 16.2 Å². The van der Waals surface area contributed by atoms with Gasteiger partial charge in [-0.15, -0.1) is 22.7 Å². The number of halogens is 1. The van der Waals surface area contributed by atoms with Gasteiger partial charge in [-0.3, -0.25) is 9.69 Å². The van der Waals surface area contributed by atoms with Crippen LogP contribution in [0.4, 0.5) is 0 Å². The fourth-order valence-corrected chi connectivity index (χ4v) is 5.03. The minimum absolute atomic E-state index is 0.0866. The van der Waals surface area contributed by atoms with Crippen molar-refractivity contribution in [2.75, 3.05) is 26.2 Å². The molecule has 26 heavy (non-hydrogen) atoms. The maximum absolute atomic E-state index is 12.8. The number of hydrogen-bond acceptors (Lipinski definition) is 5. The van der Waals surface area contributed by atoms with E-state index in [4.69, 9.17) is 11.6 Å². The number of thiophene rings is 1. The van der Waals surface area contributed by atoms with Gasteiger partial charge in [-0.2, -0.15) is 0 Å². The topological polar surface area (TPSA) is 36.4 Å². The molecular weight excluding hydrogens is 386 g/mol. The van der Waals surface area contributed by atoms with Crippen molar-refractivity contribution in [3.63, 3.8) is 0 Å². The minimum atomic E-state index is 0.0866. The fraction of sp³-hybridized carbons (Fsp3) is 0.263. The zero-order chi connectivity index (χ0) is 17.9. The number of hydrogen-bond donors (Lipinski definition) is 0. The van der Waals surface area contributed by atoms with Crippen molar-refractivity contribution in [3.8, 4) is 10.6 Å². The minimum Gasteiger partial charge on any atom is -0.335 e. The molecule has 1 aliphatic rings. The van der Waals surface area contributed by atoms with Crippen LogP contribution in [0.1, 0.15) is 14.5 Å². The number of nitrogens with zero attached hydrogens (tertiary/aromatic N) is 3. The van der Waals surface area contributed by atoms with Crippen molar-refractivity contribution >= 4 is 40.2 Å². The Bertz CT molecular complexity index is 885.